The number of hydrogen-bond donors (Lipinski definition) is 1. The predicted molar refractivity (Wildman–Crippen MR) is 119 cm³/mol. The third kappa shape index (κ3) is 4.31. The Morgan fingerprint density at radius 1 is 1.33 bits per heavy atom. The van der Waals surface area contributed by atoms with Gasteiger partial charge in [0.2, 0.25) is 0 Å². The molecule has 0 radical (unpaired) electrons. The molecule has 8 heteroatoms. The quantitative estimate of drug-likeness (QED) is 0.688. The fraction of sp³-hybridized carbons (Fsp3) is 0.682. The lowest BCUT2D eigenvalue weighted by Crippen LogP contribution is -2.42. The molecule has 1 aliphatic carbocycles. The SMILES string of the molecule is CCOC(=O)c1sc2nc(CN(C)C)nc(NC3CCOC4(CCCC4)C3)c2c1C. The number of aryl methyl sites for hydroxylation is 1. The minimum absolute atomic E-state index is 0.0360. The van der Waals surface area contributed by atoms with Crippen LogP contribution in [0.2, 0.25) is 0 Å². The van der Waals surface area contributed by atoms with E-state index in [0.717, 1.165) is 59.7 Å². The molecule has 1 atom stereocenters. The molecule has 0 amide bonds. The summed E-state index contributed by atoms with van der Waals surface area (Å²) in [4.78, 5) is 25.6. The molecule has 164 valence electrons. The fourth-order valence-electron chi connectivity index (χ4n) is 4.74. The van der Waals surface area contributed by atoms with E-state index in [0.29, 0.717) is 24.1 Å². The Hall–Kier alpha value is -1.77. The van der Waals surface area contributed by atoms with E-state index in [1.807, 2.05) is 27.9 Å². The predicted octanol–water partition coefficient (Wildman–Crippen LogP) is 4.14. The lowest BCUT2D eigenvalue weighted by atomic mass is 9.89. The van der Waals surface area contributed by atoms with Gasteiger partial charge in [0.05, 0.1) is 24.1 Å². The lowest BCUT2D eigenvalue weighted by molar-refractivity contribution is -0.0767. The first kappa shape index (κ1) is 21.5. The molecule has 0 aromatic carbocycles. The van der Waals surface area contributed by atoms with Gasteiger partial charge in [-0.2, -0.15) is 0 Å². The molecule has 1 saturated carbocycles. The van der Waals surface area contributed by atoms with Crippen LogP contribution in [0.4, 0.5) is 5.82 Å². The van der Waals surface area contributed by atoms with Crippen molar-refractivity contribution >= 4 is 33.3 Å². The maximum atomic E-state index is 12.5. The molecule has 2 aromatic heterocycles. The van der Waals surface area contributed by atoms with Gasteiger partial charge >= 0.3 is 5.97 Å². The number of carbonyl (C=O) groups excluding carboxylic acids is 1. The van der Waals surface area contributed by atoms with Gasteiger partial charge in [-0.15, -0.1) is 11.3 Å². The summed E-state index contributed by atoms with van der Waals surface area (Å²) in [5, 5.41) is 4.66. The van der Waals surface area contributed by atoms with E-state index < -0.39 is 0 Å². The van der Waals surface area contributed by atoms with Crippen LogP contribution in [0.3, 0.4) is 0 Å². The first-order valence-corrected chi connectivity index (χ1v) is 11.7. The summed E-state index contributed by atoms with van der Waals surface area (Å²) in [6.07, 6.45) is 6.79. The van der Waals surface area contributed by atoms with Crippen LogP contribution >= 0.6 is 11.3 Å². The number of fused-ring (bicyclic) bond motifs is 1. The van der Waals surface area contributed by atoms with Crippen molar-refractivity contribution in [1.29, 1.82) is 0 Å². The molecule has 0 bridgehead atoms. The minimum Gasteiger partial charge on any atom is -0.462 e. The molecule has 1 spiro atoms. The van der Waals surface area contributed by atoms with Gasteiger partial charge in [0.15, 0.2) is 0 Å². The molecule has 1 N–H and O–H groups in total. The standard InChI is InChI=1S/C22H32N4O3S/c1-5-28-21(27)18-14(2)17-19(24-16(13-26(3)4)25-20(17)30-18)23-15-8-11-29-22(12-15)9-6-7-10-22/h15H,5-13H2,1-4H3,(H,23,24,25). The van der Waals surface area contributed by atoms with E-state index >= 15 is 0 Å². The van der Waals surface area contributed by atoms with Crippen molar-refractivity contribution in [2.45, 2.75) is 70.6 Å². The third-order valence-electron chi connectivity index (χ3n) is 6.10. The number of ether oxygens (including phenoxy) is 2. The van der Waals surface area contributed by atoms with E-state index in [9.17, 15) is 4.79 Å². The Balaban J connectivity index is 1.69. The molecule has 2 fully saturated rings. The van der Waals surface area contributed by atoms with E-state index in [1.54, 1.807) is 0 Å². The number of aromatic nitrogens is 2. The van der Waals surface area contributed by atoms with Crippen molar-refractivity contribution in [3.8, 4) is 0 Å². The highest BCUT2D eigenvalue weighted by Gasteiger charge is 2.40. The fourth-order valence-corrected chi connectivity index (χ4v) is 5.84. The number of esters is 1. The number of hydrogen-bond acceptors (Lipinski definition) is 8. The summed E-state index contributed by atoms with van der Waals surface area (Å²) in [5.41, 5.74) is 0.934. The Morgan fingerprint density at radius 3 is 2.80 bits per heavy atom. The number of thiophene rings is 1. The smallest absolute Gasteiger partial charge is 0.348 e. The highest BCUT2D eigenvalue weighted by molar-refractivity contribution is 7.20. The molecule has 2 aliphatic rings. The van der Waals surface area contributed by atoms with Crippen LogP contribution in [-0.4, -0.2) is 59.8 Å². The van der Waals surface area contributed by atoms with Crippen molar-refractivity contribution in [2.75, 3.05) is 32.6 Å². The minimum atomic E-state index is -0.283. The normalized spacial score (nSPS) is 20.9. The second-order valence-corrected chi connectivity index (χ2v) is 9.75. The molecule has 30 heavy (non-hydrogen) atoms. The molecule has 7 nitrogen and oxygen atoms in total. The molecule has 2 aromatic rings. The average molecular weight is 433 g/mol. The van der Waals surface area contributed by atoms with Crippen LogP contribution in [0.25, 0.3) is 10.2 Å². The van der Waals surface area contributed by atoms with Gasteiger partial charge < -0.3 is 19.7 Å². The first-order chi connectivity index (χ1) is 14.4. The number of anilines is 1. The van der Waals surface area contributed by atoms with Crippen LogP contribution in [0.1, 0.15) is 66.5 Å². The van der Waals surface area contributed by atoms with Crippen LogP contribution < -0.4 is 5.32 Å². The Kier molecular flexibility index (Phi) is 6.27. The zero-order chi connectivity index (χ0) is 21.3. The third-order valence-corrected chi connectivity index (χ3v) is 7.27. The highest BCUT2D eigenvalue weighted by Crippen LogP contribution is 2.41. The number of nitrogens with one attached hydrogen (secondary N) is 1. The average Bonchev–Trinajstić information content (AvgIpc) is 3.26. The van der Waals surface area contributed by atoms with Crippen LogP contribution in [0, 0.1) is 6.92 Å². The lowest BCUT2D eigenvalue weighted by Gasteiger charge is -2.38. The van der Waals surface area contributed by atoms with Crippen molar-refractivity contribution in [2.24, 2.45) is 0 Å². The molecule has 1 unspecified atom stereocenters. The van der Waals surface area contributed by atoms with Gasteiger partial charge in [-0.3, -0.25) is 0 Å². The molecule has 1 aliphatic heterocycles. The second-order valence-electron chi connectivity index (χ2n) is 8.76. The van der Waals surface area contributed by atoms with Gasteiger partial charge in [-0.05, 0) is 59.2 Å². The van der Waals surface area contributed by atoms with E-state index in [1.165, 1.54) is 24.2 Å². The first-order valence-electron chi connectivity index (χ1n) is 10.9. The Labute approximate surface area is 182 Å². The highest BCUT2D eigenvalue weighted by atomic mass is 32.1. The van der Waals surface area contributed by atoms with Crippen LogP contribution in [-0.2, 0) is 16.0 Å². The maximum absolute atomic E-state index is 12.5. The van der Waals surface area contributed by atoms with Crippen molar-refractivity contribution in [3.05, 3.63) is 16.3 Å². The summed E-state index contributed by atoms with van der Waals surface area (Å²) in [6, 6.07) is 0.312. The number of carbonyl (C=O) groups is 1. The maximum Gasteiger partial charge on any atom is 0.348 e. The van der Waals surface area contributed by atoms with Crippen molar-refractivity contribution < 1.29 is 14.3 Å². The zero-order valence-corrected chi connectivity index (χ0v) is 19.2. The molecule has 3 heterocycles. The summed E-state index contributed by atoms with van der Waals surface area (Å²) < 4.78 is 11.5. The summed E-state index contributed by atoms with van der Waals surface area (Å²) in [7, 11) is 4.01. The van der Waals surface area contributed by atoms with Crippen LogP contribution in [0.5, 0.6) is 0 Å². The molecular weight excluding hydrogens is 400 g/mol. The number of rotatable bonds is 6. The monoisotopic (exact) mass is 432 g/mol. The largest absolute Gasteiger partial charge is 0.462 e. The van der Waals surface area contributed by atoms with E-state index in [2.05, 4.69) is 10.2 Å². The van der Waals surface area contributed by atoms with E-state index in [4.69, 9.17) is 19.4 Å². The molecular formula is C22H32N4O3S. The van der Waals surface area contributed by atoms with Gasteiger partial charge in [-0.1, -0.05) is 12.8 Å². The second kappa shape index (κ2) is 8.77. The Morgan fingerprint density at radius 2 is 2.10 bits per heavy atom. The summed E-state index contributed by atoms with van der Waals surface area (Å²) >= 11 is 1.40. The Bertz CT molecular complexity index is 921. The van der Waals surface area contributed by atoms with E-state index in [-0.39, 0.29) is 11.6 Å². The summed E-state index contributed by atoms with van der Waals surface area (Å²) in [5.74, 6) is 1.31. The van der Waals surface area contributed by atoms with Gasteiger partial charge in [-0.25, -0.2) is 14.8 Å². The topological polar surface area (TPSA) is 76.6 Å². The number of nitrogens with zero attached hydrogens (tertiary/aromatic N) is 3. The molecule has 1 saturated heterocycles. The van der Waals surface area contributed by atoms with Crippen LogP contribution in [0.15, 0.2) is 0 Å². The van der Waals surface area contributed by atoms with Gasteiger partial charge in [0.25, 0.3) is 0 Å². The molecule has 4 rings (SSSR count). The zero-order valence-electron chi connectivity index (χ0n) is 18.4. The summed E-state index contributed by atoms with van der Waals surface area (Å²) in [6.45, 7) is 5.58. The van der Waals surface area contributed by atoms with Crippen molar-refractivity contribution in [3.63, 3.8) is 0 Å². The van der Waals surface area contributed by atoms with Gasteiger partial charge in [0.1, 0.15) is 21.3 Å². The van der Waals surface area contributed by atoms with Gasteiger partial charge in [0, 0.05) is 12.6 Å². The van der Waals surface area contributed by atoms with Crippen molar-refractivity contribution in [1.82, 2.24) is 14.9 Å².